The van der Waals surface area contributed by atoms with Gasteiger partial charge in [0.05, 0.1) is 19.7 Å². The Kier molecular flexibility index (Phi) is 5.69. The minimum absolute atomic E-state index is 0.421. The average Bonchev–Trinajstić information content (AvgIpc) is 3.33. The molecule has 3 saturated heterocycles. The van der Waals surface area contributed by atoms with Gasteiger partial charge >= 0.3 is 0 Å². The van der Waals surface area contributed by atoms with Gasteiger partial charge in [0.1, 0.15) is 5.75 Å². The summed E-state index contributed by atoms with van der Waals surface area (Å²) in [6, 6.07) is 22.0. The summed E-state index contributed by atoms with van der Waals surface area (Å²) < 4.78 is 5.46. The van der Waals surface area contributed by atoms with Gasteiger partial charge in [0.15, 0.2) is 0 Å². The third kappa shape index (κ3) is 3.94. The molecule has 0 N–H and O–H groups in total. The van der Waals surface area contributed by atoms with Gasteiger partial charge in [-0.3, -0.25) is 9.89 Å². The van der Waals surface area contributed by atoms with Crippen LogP contribution in [0.4, 0.5) is 0 Å². The predicted molar refractivity (Wildman–Crippen MR) is 126 cm³/mol. The van der Waals surface area contributed by atoms with E-state index in [1.54, 1.807) is 7.11 Å². The van der Waals surface area contributed by atoms with Crippen LogP contribution in [0.25, 0.3) is 11.1 Å². The molecule has 4 heterocycles. The van der Waals surface area contributed by atoms with E-state index < -0.39 is 0 Å². The van der Waals surface area contributed by atoms with Crippen molar-refractivity contribution in [2.24, 2.45) is 10.9 Å². The zero-order chi connectivity index (χ0) is 20.3. The Labute approximate surface area is 183 Å². The molecule has 3 aromatic rings. The molecular formula is C26H28N2OS. The molecular weight excluding hydrogens is 388 g/mol. The quantitative estimate of drug-likeness (QED) is 0.515. The predicted octanol–water partition coefficient (Wildman–Crippen LogP) is 5.70. The monoisotopic (exact) mass is 416 g/mol. The highest BCUT2D eigenvalue weighted by molar-refractivity contribution is 7.09. The van der Waals surface area contributed by atoms with E-state index in [2.05, 4.69) is 64.9 Å². The molecule has 0 radical (unpaired) electrons. The van der Waals surface area contributed by atoms with Crippen LogP contribution < -0.4 is 4.74 Å². The van der Waals surface area contributed by atoms with Gasteiger partial charge in [-0.15, -0.1) is 11.3 Å². The lowest BCUT2D eigenvalue weighted by molar-refractivity contribution is 0.145. The van der Waals surface area contributed by atoms with Crippen molar-refractivity contribution >= 4 is 17.0 Å². The second kappa shape index (κ2) is 8.75. The highest BCUT2D eigenvalue weighted by Crippen LogP contribution is 2.35. The van der Waals surface area contributed by atoms with Gasteiger partial charge in [-0.25, -0.2) is 0 Å². The van der Waals surface area contributed by atoms with Crippen LogP contribution in [0, 0.1) is 5.92 Å². The van der Waals surface area contributed by atoms with Crippen molar-refractivity contribution in [3.05, 3.63) is 76.5 Å². The van der Waals surface area contributed by atoms with Gasteiger partial charge in [-0.2, -0.15) is 0 Å². The van der Waals surface area contributed by atoms with Crippen LogP contribution in [0.1, 0.15) is 23.3 Å². The van der Waals surface area contributed by atoms with Gasteiger partial charge in [-0.05, 0) is 72.6 Å². The lowest BCUT2D eigenvalue weighted by atomic mass is 9.78. The van der Waals surface area contributed by atoms with Crippen LogP contribution in [0.5, 0.6) is 5.75 Å². The Bertz CT molecular complexity index is 1020. The molecule has 1 atom stereocenters. The number of nitrogens with zero attached hydrogens (tertiary/aromatic N) is 2. The van der Waals surface area contributed by atoms with Gasteiger partial charge in [0.25, 0.3) is 0 Å². The zero-order valence-corrected chi connectivity index (χ0v) is 18.3. The molecule has 2 bridgehead atoms. The van der Waals surface area contributed by atoms with E-state index in [-0.39, 0.29) is 0 Å². The van der Waals surface area contributed by atoms with Gasteiger partial charge in [-0.1, -0.05) is 42.5 Å². The minimum Gasteiger partial charge on any atom is -0.497 e. The molecule has 0 amide bonds. The Morgan fingerprint density at radius 2 is 1.90 bits per heavy atom. The molecule has 1 unspecified atom stereocenters. The summed E-state index contributed by atoms with van der Waals surface area (Å²) >= 11 is 1.81. The molecule has 0 spiro atoms. The Morgan fingerprint density at radius 3 is 2.70 bits per heavy atom. The zero-order valence-electron chi connectivity index (χ0n) is 17.5. The van der Waals surface area contributed by atoms with Crippen LogP contribution in [0.15, 0.2) is 71.0 Å². The Hall–Kier alpha value is -2.43. The lowest BCUT2D eigenvalue weighted by Gasteiger charge is -2.47. The van der Waals surface area contributed by atoms with E-state index in [9.17, 15) is 0 Å². The number of methoxy groups -OCH3 is 1. The van der Waals surface area contributed by atoms with Crippen molar-refractivity contribution in [1.29, 1.82) is 0 Å². The molecule has 3 nitrogen and oxygen atoms in total. The van der Waals surface area contributed by atoms with Crippen LogP contribution in [-0.2, 0) is 13.0 Å². The second-order valence-corrected chi connectivity index (χ2v) is 9.27. The highest BCUT2D eigenvalue weighted by atomic mass is 32.1. The average molecular weight is 417 g/mol. The van der Waals surface area contributed by atoms with E-state index >= 15 is 0 Å². The lowest BCUT2D eigenvalue weighted by Crippen LogP contribution is -2.56. The number of hydrogen-bond donors (Lipinski definition) is 0. The first-order valence-electron chi connectivity index (χ1n) is 10.8. The summed E-state index contributed by atoms with van der Waals surface area (Å²) in [6.07, 6.45) is 3.54. The van der Waals surface area contributed by atoms with Crippen molar-refractivity contribution < 1.29 is 4.74 Å². The van der Waals surface area contributed by atoms with E-state index in [0.29, 0.717) is 12.0 Å². The summed E-state index contributed by atoms with van der Waals surface area (Å²) in [7, 11) is 1.73. The molecule has 0 saturated carbocycles. The summed E-state index contributed by atoms with van der Waals surface area (Å²) in [5.41, 5.74) is 5.35. The molecule has 3 aliphatic heterocycles. The maximum absolute atomic E-state index is 5.46. The standard InChI is InChI=1S/C26H28N2OS/c1-29-22-8-4-7-20(16-22)24-10-3-2-6-21(24)17-25-26(19-11-13-28(25)14-12-19)27-18-23-9-5-15-30-23/h2-10,15-16,19,25H,11-14,17-18H2,1H3. The van der Waals surface area contributed by atoms with Crippen molar-refractivity contribution in [2.75, 3.05) is 20.2 Å². The molecule has 0 aliphatic carbocycles. The normalized spacial score (nSPS) is 24.3. The fourth-order valence-corrected chi connectivity index (χ4v) is 5.61. The van der Waals surface area contributed by atoms with E-state index in [0.717, 1.165) is 18.7 Å². The Balaban J connectivity index is 1.46. The SMILES string of the molecule is COc1cccc(-c2ccccc2CC2C(=NCc3cccs3)C3CCN2CC3)c1. The molecule has 154 valence electrons. The molecule has 1 aromatic heterocycles. The maximum atomic E-state index is 5.46. The molecule has 3 aliphatic rings. The largest absolute Gasteiger partial charge is 0.497 e. The molecule has 2 aromatic carbocycles. The first-order valence-corrected chi connectivity index (χ1v) is 11.7. The highest BCUT2D eigenvalue weighted by Gasteiger charge is 2.39. The van der Waals surface area contributed by atoms with Crippen LogP contribution in [0.3, 0.4) is 0 Å². The van der Waals surface area contributed by atoms with E-state index in [4.69, 9.17) is 9.73 Å². The number of piperidine rings is 3. The number of aliphatic imine (C=N–C) groups is 1. The summed E-state index contributed by atoms with van der Waals surface area (Å²) in [6.45, 7) is 3.23. The third-order valence-corrected chi connectivity index (χ3v) is 7.40. The van der Waals surface area contributed by atoms with Gasteiger partial charge in [0, 0.05) is 16.5 Å². The van der Waals surface area contributed by atoms with Crippen LogP contribution >= 0.6 is 11.3 Å². The smallest absolute Gasteiger partial charge is 0.119 e. The number of hydrogen-bond acceptors (Lipinski definition) is 4. The van der Waals surface area contributed by atoms with Crippen molar-refractivity contribution in [3.63, 3.8) is 0 Å². The Morgan fingerprint density at radius 1 is 1.03 bits per heavy atom. The van der Waals surface area contributed by atoms with E-state index in [1.807, 2.05) is 17.4 Å². The molecule has 6 rings (SSSR count). The fraction of sp³-hybridized carbons (Fsp3) is 0.346. The maximum Gasteiger partial charge on any atom is 0.119 e. The number of benzene rings is 2. The third-order valence-electron chi connectivity index (χ3n) is 6.54. The van der Waals surface area contributed by atoms with Gasteiger partial charge in [0.2, 0.25) is 0 Å². The van der Waals surface area contributed by atoms with Crippen LogP contribution in [0.2, 0.25) is 0 Å². The number of rotatable bonds is 6. The van der Waals surface area contributed by atoms with E-state index in [1.165, 1.54) is 53.2 Å². The summed E-state index contributed by atoms with van der Waals surface area (Å²) in [4.78, 5) is 9.20. The second-order valence-electron chi connectivity index (χ2n) is 8.24. The van der Waals surface area contributed by atoms with Gasteiger partial charge < -0.3 is 4.74 Å². The summed E-state index contributed by atoms with van der Waals surface area (Å²) in [5, 5.41) is 2.15. The minimum atomic E-state index is 0.421. The number of thiophene rings is 1. The number of ether oxygens (including phenoxy) is 1. The van der Waals surface area contributed by atoms with Crippen molar-refractivity contribution in [2.45, 2.75) is 31.8 Å². The summed E-state index contributed by atoms with van der Waals surface area (Å²) in [5.74, 6) is 1.56. The van der Waals surface area contributed by atoms with Crippen molar-refractivity contribution in [3.8, 4) is 16.9 Å². The topological polar surface area (TPSA) is 24.8 Å². The number of fused-ring (bicyclic) bond motifs is 3. The first kappa shape index (κ1) is 19.5. The molecule has 3 fully saturated rings. The fourth-order valence-electron chi connectivity index (χ4n) is 4.98. The molecule has 30 heavy (non-hydrogen) atoms. The first-order chi connectivity index (χ1) is 14.8. The van der Waals surface area contributed by atoms with Crippen LogP contribution in [-0.4, -0.2) is 36.9 Å². The molecule has 4 heteroatoms. The van der Waals surface area contributed by atoms with Crippen molar-refractivity contribution in [1.82, 2.24) is 4.90 Å².